The number of amides is 1. The second-order valence-electron chi connectivity index (χ2n) is 8.47. The van der Waals surface area contributed by atoms with Gasteiger partial charge in [0, 0.05) is 23.6 Å². The van der Waals surface area contributed by atoms with Gasteiger partial charge < -0.3 is 10.3 Å². The van der Waals surface area contributed by atoms with Crippen molar-refractivity contribution in [2.75, 3.05) is 6.54 Å². The van der Waals surface area contributed by atoms with E-state index in [9.17, 15) is 9.59 Å². The van der Waals surface area contributed by atoms with E-state index in [1.807, 2.05) is 68.6 Å². The number of aromatic amines is 1. The number of nitrogens with one attached hydrogen (secondary N) is 2. The van der Waals surface area contributed by atoms with Gasteiger partial charge in [-0.1, -0.05) is 36.4 Å². The van der Waals surface area contributed by atoms with Crippen molar-refractivity contribution >= 4 is 27.7 Å². The number of aryl methyl sites for hydroxylation is 2. The van der Waals surface area contributed by atoms with Gasteiger partial charge in [0.15, 0.2) is 0 Å². The Hall–Kier alpha value is -4.20. The molecule has 5 rings (SSSR count). The zero-order valence-electron chi connectivity index (χ0n) is 19.4. The lowest BCUT2D eigenvalue weighted by Crippen LogP contribution is -2.38. The molecule has 0 unspecified atom stereocenters. The molecular formula is C26H26N6O2. The van der Waals surface area contributed by atoms with Crippen molar-refractivity contribution in [3.05, 3.63) is 88.1 Å². The highest BCUT2D eigenvalue weighted by atomic mass is 16.2. The summed E-state index contributed by atoms with van der Waals surface area (Å²) in [6, 6.07) is 17.0. The second-order valence-corrected chi connectivity index (χ2v) is 8.47. The Kier molecular flexibility index (Phi) is 5.49. The number of H-pyrrole nitrogens is 1. The van der Waals surface area contributed by atoms with Crippen LogP contribution in [0.4, 0.5) is 0 Å². The smallest absolute Gasteiger partial charge is 0.278 e. The zero-order chi connectivity index (χ0) is 23.8. The third-order valence-electron chi connectivity index (χ3n) is 6.25. The van der Waals surface area contributed by atoms with Crippen LogP contribution in [-0.2, 0) is 11.2 Å². The maximum Gasteiger partial charge on any atom is 0.278 e. The van der Waals surface area contributed by atoms with E-state index in [1.54, 1.807) is 11.6 Å². The highest BCUT2D eigenvalue weighted by Crippen LogP contribution is 2.21. The molecule has 0 fully saturated rings. The predicted octanol–water partition coefficient (Wildman–Crippen LogP) is 3.60. The van der Waals surface area contributed by atoms with E-state index in [0.29, 0.717) is 29.6 Å². The molecule has 0 radical (unpaired) electrons. The van der Waals surface area contributed by atoms with E-state index in [-0.39, 0.29) is 11.5 Å². The minimum atomic E-state index is -0.752. The molecule has 0 aliphatic carbocycles. The van der Waals surface area contributed by atoms with Gasteiger partial charge in [-0.05, 0) is 51.0 Å². The van der Waals surface area contributed by atoms with Gasteiger partial charge in [-0.3, -0.25) is 9.59 Å². The number of aromatic nitrogens is 5. The average Bonchev–Trinajstić information content (AvgIpc) is 3.43. The summed E-state index contributed by atoms with van der Waals surface area (Å²) in [7, 11) is 0. The van der Waals surface area contributed by atoms with Gasteiger partial charge >= 0.3 is 0 Å². The maximum atomic E-state index is 13.4. The summed E-state index contributed by atoms with van der Waals surface area (Å²) in [6.45, 7) is 5.82. The molecule has 3 heterocycles. The third kappa shape index (κ3) is 3.67. The van der Waals surface area contributed by atoms with Gasteiger partial charge in [0.1, 0.15) is 11.6 Å². The molecule has 172 valence electrons. The summed E-state index contributed by atoms with van der Waals surface area (Å²) in [5.74, 6) is -0.249. The molecule has 34 heavy (non-hydrogen) atoms. The van der Waals surface area contributed by atoms with Gasteiger partial charge in [-0.15, -0.1) is 0 Å². The summed E-state index contributed by atoms with van der Waals surface area (Å²) in [4.78, 5) is 29.5. The van der Waals surface area contributed by atoms with Crippen LogP contribution in [0.2, 0.25) is 0 Å². The largest absolute Gasteiger partial charge is 0.361 e. The molecule has 0 saturated heterocycles. The number of para-hydroxylation sites is 2. The number of hydrogen-bond donors (Lipinski definition) is 2. The highest BCUT2D eigenvalue weighted by Gasteiger charge is 2.23. The van der Waals surface area contributed by atoms with E-state index in [4.69, 9.17) is 0 Å². The SMILES string of the molecule is Cc1nn([C@@H](C)C(=O)NCCc2c[nH]c3ccccc23)c(=O)c2c(C)n(-c3ccccc3)nc12. The minimum absolute atomic E-state index is 0.249. The van der Waals surface area contributed by atoms with Gasteiger partial charge in [0.05, 0.1) is 22.5 Å². The van der Waals surface area contributed by atoms with E-state index in [1.165, 1.54) is 4.68 Å². The normalized spacial score (nSPS) is 12.3. The van der Waals surface area contributed by atoms with Crippen molar-refractivity contribution < 1.29 is 4.79 Å². The molecule has 2 N–H and O–H groups in total. The number of fused-ring (bicyclic) bond motifs is 2. The second kappa shape index (κ2) is 8.62. The molecule has 0 bridgehead atoms. The first-order valence-electron chi connectivity index (χ1n) is 11.3. The maximum absolute atomic E-state index is 13.4. The molecule has 2 aromatic carbocycles. The van der Waals surface area contributed by atoms with E-state index in [0.717, 1.165) is 27.8 Å². The van der Waals surface area contributed by atoms with Crippen molar-refractivity contribution in [3.63, 3.8) is 0 Å². The van der Waals surface area contributed by atoms with Crippen LogP contribution >= 0.6 is 0 Å². The molecule has 5 aromatic rings. The highest BCUT2D eigenvalue weighted by molar-refractivity contribution is 5.85. The van der Waals surface area contributed by atoms with Crippen LogP contribution in [0.25, 0.3) is 27.5 Å². The van der Waals surface area contributed by atoms with Gasteiger partial charge in [-0.25, -0.2) is 9.36 Å². The van der Waals surface area contributed by atoms with Crippen LogP contribution in [0.5, 0.6) is 0 Å². The van der Waals surface area contributed by atoms with Crippen LogP contribution in [0.15, 0.2) is 65.6 Å². The van der Waals surface area contributed by atoms with Gasteiger partial charge in [0.25, 0.3) is 5.56 Å². The van der Waals surface area contributed by atoms with Crippen molar-refractivity contribution in [2.24, 2.45) is 0 Å². The summed E-state index contributed by atoms with van der Waals surface area (Å²) >= 11 is 0. The summed E-state index contributed by atoms with van der Waals surface area (Å²) in [5.41, 5.74) is 4.63. The molecule has 0 aliphatic heterocycles. The Balaban J connectivity index is 1.38. The van der Waals surface area contributed by atoms with Crippen molar-refractivity contribution in [2.45, 2.75) is 33.2 Å². The number of hydrogen-bond acceptors (Lipinski definition) is 4. The fourth-order valence-corrected chi connectivity index (χ4v) is 4.38. The third-order valence-corrected chi connectivity index (χ3v) is 6.25. The number of benzene rings is 2. The summed E-state index contributed by atoms with van der Waals surface area (Å²) < 4.78 is 3.01. The summed E-state index contributed by atoms with van der Waals surface area (Å²) in [6.07, 6.45) is 2.66. The van der Waals surface area contributed by atoms with Gasteiger partial charge in [-0.2, -0.15) is 10.2 Å². The molecule has 0 spiro atoms. The van der Waals surface area contributed by atoms with Crippen molar-refractivity contribution in [1.29, 1.82) is 0 Å². The first-order valence-corrected chi connectivity index (χ1v) is 11.3. The molecule has 3 aromatic heterocycles. The van der Waals surface area contributed by atoms with Crippen LogP contribution in [0, 0.1) is 13.8 Å². The van der Waals surface area contributed by atoms with Crippen molar-refractivity contribution in [3.8, 4) is 5.69 Å². The lowest BCUT2D eigenvalue weighted by molar-refractivity contribution is -0.124. The Bertz CT molecular complexity index is 1560. The Morgan fingerprint density at radius 3 is 2.59 bits per heavy atom. The standard InChI is InChI=1S/C26H26N6O2/c1-16-24-23(17(2)31(30-24)20-9-5-4-6-10-20)26(34)32(29-16)18(3)25(33)27-14-13-19-15-28-22-12-8-7-11-21(19)22/h4-12,15,18,28H,13-14H2,1-3H3,(H,27,33)/t18-/m0/s1. The number of carbonyl (C=O) groups is 1. The van der Waals surface area contributed by atoms with Crippen LogP contribution < -0.4 is 10.9 Å². The quantitative estimate of drug-likeness (QED) is 0.410. The molecule has 0 saturated carbocycles. The van der Waals surface area contributed by atoms with E-state index in [2.05, 4.69) is 26.6 Å². The lowest BCUT2D eigenvalue weighted by Gasteiger charge is -2.15. The van der Waals surface area contributed by atoms with Crippen LogP contribution in [0.3, 0.4) is 0 Å². The first kappa shape index (κ1) is 21.6. The van der Waals surface area contributed by atoms with E-state index < -0.39 is 6.04 Å². The first-order chi connectivity index (χ1) is 16.5. The average molecular weight is 455 g/mol. The zero-order valence-corrected chi connectivity index (χ0v) is 19.4. The molecule has 0 aliphatic rings. The Morgan fingerprint density at radius 1 is 1.06 bits per heavy atom. The molecule has 8 heteroatoms. The minimum Gasteiger partial charge on any atom is -0.361 e. The van der Waals surface area contributed by atoms with Crippen LogP contribution in [-0.4, -0.2) is 37.0 Å². The number of nitrogens with zero attached hydrogens (tertiary/aromatic N) is 4. The Morgan fingerprint density at radius 2 is 1.79 bits per heavy atom. The fraction of sp³-hybridized carbons (Fsp3) is 0.231. The van der Waals surface area contributed by atoms with Crippen molar-refractivity contribution in [1.82, 2.24) is 29.9 Å². The molecule has 1 amide bonds. The molecule has 1 atom stereocenters. The van der Waals surface area contributed by atoms with Crippen LogP contribution in [0.1, 0.15) is 29.9 Å². The topological polar surface area (TPSA) is 97.6 Å². The molecule has 8 nitrogen and oxygen atoms in total. The predicted molar refractivity (Wildman–Crippen MR) is 132 cm³/mol. The lowest BCUT2D eigenvalue weighted by atomic mass is 10.1. The fourth-order valence-electron chi connectivity index (χ4n) is 4.38. The monoisotopic (exact) mass is 454 g/mol. The summed E-state index contributed by atoms with van der Waals surface area (Å²) in [5, 5.41) is 13.6. The van der Waals surface area contributed by atoms with Gasteiger partial charge in [0.2, 0.25) is 5.91 Å². The number of rotatable bonds is 6. The Labute approximate surface area is 196 Å². The molecular weight excluding hydrogens is 428 g/mol. The van der Waals surface area contributed by atoms with E-state index >= 15 is 0 Å². The number of carbonyl (C=O) groups excluding carboxylic acids is 1.